The molecule has 1 saturated carbocycles. The van der Waals surface area contributed by atoms with Crippen molar-refractivity contribution in [2.45, 2.75) is 58.6 Å². The van der Waals surface area contributed by atoms with Gasteiger partial charge in [0.15, 0.2) is 0 Å². The summed E-state index contributed by atoms with van der Waals surface area (Å²) in [5, 5.41) is 13.6. The molecule has 0 amide bonds. The number of aryl methyl sites for hydroxylation is 2. The fourth-order valence-electron chi connectivity index (χ4n) is 3.13. The van der Waals surface area contributed by atoms with E-state index < -0.39 is 0 Å². The highest BCUT2D eigenvalue weighted by Gasteiger charge is 2.23. The van der Waals surface area contributed by atoms with Crippen molar-refractivity contribution in [3.8, 4) is 0 Å². The highest BCUT2D eigenvalue weighted by atomic mass is 16.3. The molecule has 2 heteroatoms. The number of benzene rings is 1. The van der Waals surface area contributed by atoms with E-state index in [0.717, 1.165) is 19.4 Å². The van der Waals surface area contributed by atoms with Gasteiger partial charge in [-0.2, -0.15) is 0 Å². The molecule has 0 saturated heterocycles. The molecule has 2 rings (SSSR count). The van der Waals surface area contributed by atoms with Crippen LogP contribution >= 0.6 is 0 Å². The molecule has 3 atom stereocenters. The number of rotatable bonds is 4. The standard InChI is InChI=1S/C17H27NO/c1-12-8-13(2)10-16(9-12)14(3)18-11-15-6-4-5-7-17(15)19/h8-10,14-15,17-19H,4-7,11H2,1-3H3. The molecule has 2 N–H and O–H groups in total. The van der Waals surface area contributed by atoms with Crippen LogP contribution < -0.4 is 5.32 Å². The maximum absolute atomic E-state index is 10.0. The highest BCUT2D eigenvalue weighted by molar-refractivity contribution is 5.30. The van der Waals surface area contributed by atoms with Gasteiger partial charge in [-0.25, -0.2) is 0 Å². The van der Waals surface area contributed by atoms with E-state index in [-0.39, 0.29) is 6.10 Å². The quantitative estimate of drug-likeness (QED) is 0.869. The summed E-state index contributed by atoms with van der Waals surface area (Å²) in [4.78, 5) is 0. The lowest BCUT2D eigenvalue weighted by molar-refractivity contribution is 0.0684. The lowest BCUT2D eigenvalue weighted by atomic mass is 9.86. The smallest absolute Gasteiger partial charge is 0.0580 e. The van der Waals surface area contributed by atoms with Crippen molar-refractivity contribution in [1.82, 2.24) is 5.32 Å². The summed E-state index contributed by atoms with van der Waals surface area (Å²) in [5.74, 6) is 0.433. The Hall–Kier alpha value is -0.860. The van der Waals surface area contributed by atoms with E-state index in [0.29, 0.717) is 12.0 Å². The van der Waals surface area contributed by atoms with Crippen LogP contribution in [0, 0.1) is 19.8 Å². The van der Waals surface area contributed by atoms with Gasteiger partial charge in [0, 0.05) is 12.6 Å². The predicted octanol–water partition coefficient (Wildman–Crippen LogP) is 3.51. The van der Waals surface area contributed by atoms with Crippen molar-refractivity contribution < 1.29 is 5.11 Å². The molecule has 0 radical (unpaired) electrons. The molecular formula is C17H27NO. The zero-order chi connectivity index (χ0) is 13.8. The fraction of sp³-hybridized carbons (Fsp3) is 0.647. The number of hydrogen-bond donors (Lipinski definition) is 2. The van der Waals surface area contributed by atoms with Gasteiger partial charge in [0.05, 0.1) is 6.10 Å². The molecule has 1 aromatic rings. The first-order valence-electron chi connectivity index (χ1n) is 7.56. The normalized spacial score (nSPS) is 25.3. The van der Waals surface area contributed by atoms with E-state index in [2.05, 4.69) is 44.3 Å². The molecule has 0 aromatic heterocycles. The molecule has 106 valence electrons. The Morgan fingerprint density at radius 2 is 1.79 bits per heavy atom. The third-order valence-corrected chi connectivity index (χ3v) is 4.30. The monoisotopic (exact) mass is 261 g/mol. The molecule has 3 unspecified atom stereocenters. The zero-order valence-corrected chi connectivity index (χ0v) is 12.4. The van der Waals surface area contributed by atoms with Crippen molar-refractivity contribution in [1.29, 1.82) is 0 Å². The average Bonchev–Trinajstić information content (AvgIpc) is 2.36. The van der Waals surface area contributed by atoms with Gasteiger partial charge in [0.1, 0.15) is 0 Å². The van der Waals surface area contributed by atoms with Gasteiger partial charge < -0.3 is 10.4 Å². The maximum Gasteiger partial charge on any atom is 0.0580 e. The van der Waals surface area contributed by atoms with E-state index in [1.54, 1.807) is 0 Å². The van der Waals surface area contributed by atoms with Crippen molar-refractivity contribution in [3.05, 3.63) is 34.9 Å². The second-order valence-corrected chi connectivity index (χ2v) is 6.16. The Labute approximate surface area is 117 Å². The average molecular weight is 261 g/mol. The summed E-state index contributed by atoms with van der Waals surface area (Å²) < 4.78 is 0. The first-order valence-corrected chi connectivity index (χ1v) is 7.56. The van der Waals surface area contributed by atoms with Crippen molar-refractivity contribution in [3.63, 3.8) is 0 Å². The molecule has 0 bridgehead atoms. The third-order valence-electron chi connectivity index (χ3n) is 4.30. The molecule has 1 aromatic carbocycles. The van der Waals surface area contributed by atoms with Crippen molar-refractivity contribution in [2.75, 3.05) is 6.54 Å². The number of aliphatic hydroxyl groups is 1. The van der Waals surface area contributed by atoms with Gasteiger partial charge in [-0.15, -0.1) is 0 Å². The van der Waals surface area contributed by atoms with Crippen LogP contribution in [0.25, 0.3) is 0 Å². The Morgan fingerprint density at radius 3 is 2.42 bits per heavy atom. The summed E-state index contributed by atoms with van der Waals surface area (Å²) in [6.45, 7) is 7.43. The molecule has 1 aliphatic carbocycles. The maximum atomic E-state index is 10.0. The molecule has 0 spiro atoms. The van der Waals surface area contributed by atoms with Crippen LogP contribution in [0.3, 0.4) is 0 Å². The number of nitrogens with one attached hydrogen (secondary N) is 1. The zero-order valence-electron chi connectivity index (χ0n) is 12.4. The lowest BCUT2D eigenvalue weighted by Crippen LogP contribution is -2.34. The number of hydrogen-bond acceptors (Lipinski definition) is 2. The minimum Gasteiger partial charge on any atom is -0.393 e. The first kappa shape index (κ1) is 14.5. The van der Waals surface area contributed by atoms with Gasteiger partial charge in [-0.05, 0) is 45.1 Å². The van der Waals surface area contributed by atoms with Crippen LogP contribution in [-0.4, -0.2) is 17.8 Å². The molecule has 1 fully saturated rings. The van der Waals surface area contributed by atoms with E-state index in [4.69, 9.17) is 0 Å². The van der Waals surface area contributed by atoms with E-state index in [9.17, 15) is 5.11 Å². The van der Waals surface area contributed by atoms with E-state index >= 15 is 0 Å². The van der Waals surface area contributed by atoms with E-state index in [1.807, 2.05) is 0 Å². The van der Waals surface area contributed by atoms with Gasteiger partial charge in [-0.1, -0.05) is 42.2 Å². The summed E-state index contributed by atoms with van der Waals surface area (Å²) in [5.41, 5.74) is 3.99. The van der Waals surface area contributed by atoms with Gasteiger partial charge in [0.25, 0.3) is 0 Å². The molecular weight excluding hydrogens is 234 g/mol. The minimum atomic E-state index is -0.104. The Balaban J connectivity index is 1.91. The van der Waals surface area contributed by atoms with Crippen LogP contribution in [0.15, 0.2) is 18.2 Å². The molecule has 19 heavy (non-hydrogen) atoms. The predicted molar refractivity (Wildman–Crippen MR) is 80.3 cm³/mol. The number of aliphatic hydroxyl groups excluding tert-OH is 1. The summed E-state index contributed by atoms with van der Waals surface area (Å²) in [7, 11) is 0. The lowest BCUT2D eigenvalue weighted by Gasteiger charge is -2.29. The van der Waals surface area contributed by atoms with Crippen molar-refractivity contribution in [2.24, 2.45) is 5.92 Å². The molecule has 1 aliphatic rings. The molecule has 0 heterocycles. The van der Waals surface area contributed by atoms with Crippen LogP contribution in [0.1, 0.15) is 55.3 Å². The highest BCUT2D eigenvalue weighted by Crippen LogP contribution is 2.25. The van der Waals surface area contributed by atoms with Gasteiger partial charge in [-0.3, -0.25) is 0 Å². The largest absolute Gasteiger partial charge is 0.393 e. The van der Waals surface area contributed by atoms with Gasteiger partial charge >= 0.3 is 0 Å². The van der Waals surface area contributed by atoms with Crippen LogP contribution in [0.2, 0.25) is 0 Å². The third kappa shape index (κ3) is 4.05. The van der Waals surface area contributed by atoms with Crippen LogP contribution in [0.5, 0.6) is 0 Å². The van der Waals surface area contributed by atoms with E-state index in [1.165, 1.54) is 29.5 Å². The summed E-state index contributed by atoms with van der Waals surface area (Å²) in [6.07, 6.45) is 4.48. The van der Waals surface area contributed by atoms with Gasteiger partial charge in [0.2, 0.25) is 0 Å². The second kappa shape index (κ2) is 6.53. The Morgan fingerprint density at radius 1 is 1.16 bits per heavy atom. The first-order chi connectivity index (χ1) is 9.06. The fourth-order valence-corrected chi connectivity index (χ4v) is 3.13. The Bertz CT molecular complexity index is 395. The van der Waals surface area contributed by atoms with Crippen molar-refractivity contribution >= 4 is 0 Å². The summed E-state index contributed by atoms with van der Waals surface area (Å²) in [6, 6.07) is 7.07. The SMILES string of the molecule is Cc1cc(C)cc(C(C)NCC2CCCCC2O)c1. The Kier molecular flexibility index (Phi) is 5.00. The molecule has 2 nitrogen and oxygen atoms in total. The topological polar surface area (TPSA) is 32.3 Å². The minimum absolute atomic E-state index is 0.104. The molecule has 0 aliphatic heterocycles. The van der Waals surface area contributed by atoms with Crippen LogP contribution in [-0.2, 0) is 0 Å². The van der Waals surface area contributed by atoms with Crippen LogP contribution in [0.4, 0.5) is 0 Å². The second-order valence-electron chi connectivity index (χ2n) is 6.16. The summed E-state index contributed by atoms with van der Waals surface area (Å²) >= 11 is 0.